The minimum absolute atomic E-state index is 0.236. The molecular formula is C46H43FN4O. The van der Waals surface area contributed by atoms with E-state index in [1.807, 2.05) is 12.3 Å². The quantitative estimate of drug-likeness (QED) is 0.167. The lowest BCUT2D eigenvalue weighted by Gasteiger charge is -2.26. The number of rotatable bonds is 7. The van der Waals surface area contributed by atoms with Gasteiger partial charge in [-0.3, -0.25) is 4.57 Å². The van der Waals surface area contributed by atoms with Crippen LogP contribution in [-0.2, 0) is 6.42 Å². The highest BCUT2D eigenvalue weighted by atomic mass is 19.1. The number of ether oxygens (including phenoxy) is 1. The van der Waals surface area contributed by atoms with Crippen LogP contribution in [0.5, 0.6) is 11.5 Å². The van der Waals surface area contributed by atoms with E-state index >= 15 is 0 Å². The number of nitrogens with zero attached hydrogens (tertiary/aromatic N) is 4. The highest BCUT2D eigenvalue weighted by molar-refractivity contribution is 6.09. The Labute approximate surface area is 304 Å². The van der Waals surface area contributed by atoms with Gasteiger partial charge in [-0.05, 0) is 109 Å². The van der Waals surface area contributed by atoms with Gasteiger partial charge < -0.3 is 14.5 Å². The number of hydrogen-bond acceptors (Lipinski definition) is 4. The molecule has 0 atom stereocenters. The molecule has 0 amide bonds. The highest BCUT2D eigenvalue weighted by Gasteiger charge is 2.29. The molecule has 6 heteroatoms. The summed E-state index contributed by atoms with van der Waals surface area (Å²) >= 11 is 0. The van der Waals surface area contributed by atoms with Gasteiger partial charge in [-0.2, -0.15) is 0 Å². The van der Waals surface area contributed by atoms with E-state index in [1.165, 1.54) is 72.9 Å². The lowest BCUT2D eigenvalue weighted by atomic mass is 9.85. The molecule has 0 unspecified atom stereocenters. The predicted molar refractivity (Wildman–Crippen MR) is 212 cm³/mol. The van der Waals surface area contributed by atoms with Gasteiger partial charge in [0.1, 0.15) is 29.8 Å². The third-order valence-electron chi connectivity index (χ3n) is 11.0. The van der Waals surface area contributed by atoms with E-state index in [2.05, 4.69) is 118 Å². The van der Waals surface area contributed by atoms with Crippen molar-refractivity contribution in [3.05, 3.63) is 144 Å². The molecule has 0 radical (unpaired) electrons. The van der Waals surface area contributed by atoms with Crippen LogP contribution in [0.3, 0.4) is 0 Å². The van der Waals surface area contributed by atoms with E-state index < -0.39 is 0 Å². The van der Waals surface area contributed by atoms with E-state index in [4.69, 9.17) is 9.72 Å². The maximum Gasteiger partial charge on any atom is 0.137 e. The first-order valence-corrected chi connectivity index (χ1v) is 18.8. The molecule has 1 aliphatic heterocycles. The molecule has 9 rings (SSSR count). The third-order valence-corrected chi connectivity index (χ3v) is 11.0. The molecule has 2 aliphatic rings. The Morgan fingerprint density at radius 3 is 2.21 bits per heavy atom. The van der Waals surface area contributed by atoms with Crippen LogP contribution in [-0.4, -0.2) is 16.2 Å². The first kappa shape index (κ1) is 32.3. The van der Waals surface area contributed by atoms with Crippen molar-refractivity contribution in [2.75, 3.05) is 16.5 Å². The molecule has 0 N–H and O–H groups in total. The maximum atomic E-state index is 14.4. The number of aromatic nitrogens is 2. The summed E-state index contributed by atoms with van der Waals surface area (Å²) in [5.74, 6) is 2.75. The molecule has 52 heavy (non-hydrogen) atoms. The predicted octanol–water partition coefficient (Wildman–Crippen LogP) is 12.7. The van der Waals surface area contributed by atoms with Gasteiger partial charge in [0.25, 0.3) is 0 Å². The van der Waals surface area contributed by atoms with Crippen molar-refractivity contribution in [2.24, 2.45) is 0 Å². The van der Waals surface area contributed by atoms with Gasteiger partial charge in [0.15, 0.2) is 0 Å². The van der Waals surface area contributed by atoms with Crippen LogP contribution >= 0.6 is 0 Å². The number of hydrogen-bond donors (Lipinski definition) is 0. The average Bonchev–Trinajstić information content (AvgIpc) is 3.71. The van der Waals surface area contributed by atoms with Crippen LogP contribution in [0, 0.1) is 5.82 Å². The Morgan fingerprint density at radius 1 is 0.654 bits per heavy atom. The number of halogens is 1. The molecule has 0 spiro atoms. The molecule has 5 nitrogen and oxygen atoms in total. The number of para-hydroxylation sites is 3. The molecule has 2 aromatic heterocycles. The summed E-state index contributed by atoms with van der Waals surface area (Å²) < 4.78 is 23.6. The minimum atomic E-state index is -0.236. The monoisotopic (exact) mass is 686 g/mol. The number of benzene rings is 5. The maximum absolute atomic E-state index is 14.4. The number of pyridine rings is 1. The molecule has 0 bridgehead atoms. The Morgan fingerprint density at radius 2 is 1.40 bits per heavy atom. The van der Waals surface area contributed by atoms with Gasteiger partial charge >= 0.3 is 0 Å². The smallest absolute Gasteiger partial charge is 0.137 e. The van der Waals surface area contributed by atoms with Crippen LogP contribution in [0.15, 0.2) is 128 Å². The molecule has 3 heterocycles. The first-order chi connectivity index (χ1) is 25.6. The minimum Gasteiger partial charge on any atom is -0.457 e. The molecule has 5 aromatic carbocycles. The Hall–Kier alpha value is -5.62. The molecule has 1 saturated carbocycles. The van der Waals surface area contributed by atoms with E-state index in [9.17, 15) is 4.39 Å². The van der Waals surface area contributed by atoms with Gasteiger partial charge in [-0.15, -0.1) is 0 Å². The van der Waals surface area contributed by atoms with E-state index in [0.717, 1.165) is 57.5 Å². The largest absolute Gasteiger partial charge is 0.457 e. The van der Waals surface area contributed by atoms with Crippen molar-refractivity contribution in [1.82, 2.24) is 9.55 Å². The topological polar surface area (TPSA) is 33.5 Å². The standard InChI is InChI=1S/C46H43FN4O/c1-2-32-23-24-48-46(25-32)51-42-18-9-8-17-40(42)41-22-21-38(30-45(41)51)52-39-27-34(33-13-6-4-3-5-7-14-33)26-37(29-39)50-31-49(36-16-12-15-35(47)28-36)43-19-10-11-20-44(43)50/h8-12,15-30,33H,2-7,13-14,31H2,1H3. The molecule has 1 fully saturated rings. The summed E-state index contributed by atoms with van der Waals surface area (Å²) in [6, 6.07) is 41.4. The van der Waals surface area contributed by atoms with E-state index in [-0.39, 0.29) is 5.82 Å². The molecule has 260 valence electrons. The number of fused-ring (bicyclic) bond motifs is 4. The Balaban J connectivity index is 1.14. The van der Waals surface area contributed by atoms with Crippen molar-refractivity contribution in [3.63, 3.8) is 0 Å². The lowest BCUT2D eigenvalue weighted by molar-refractivity contribution is 0.451. The Kier molecular flexibility index (Phi) is 8.59. The zero-order valence-electron chi connectivity index (χ0n) is 29.6. The van der Waals surface area contributed by atoms with Gasteiger partial charge in [-0.1, -0.05) is 75.4 Å². The van der Waals surface area contributed by atoms with Crippen LogP contribution in [0.2, 0.25) is 0 Å². The summed E-state index contributed by atoms with van der Waals surface area (Å²) in [5, 5.41) is 2.36. The van der Waals surface area contributed by atoms with Crippen molar-refractivity contribution < 1.29 is 9.13 Å². The second-order valence-corrected chi connectivity index (χ2v) is 14.3. The SMILES string of the molecule is CCc1ccnc(-n2c3ccccc3c3ccc(Oc4cc(C5CCCCCCC5)cc(N5CN(c6cccc(F)c6)c6ccccc65)c4)cc32)c1. The zero-order valence-corrected chi connectivity index (χ0v) is 29.6. The van der Waals surface area contributed by atoms with Gasteiger partial charge in [0.2, 0.25) is 0 Å². The van der Waals surface area contributed by atoms with Crippen molar-refractivity contribution in [1.29, 1.82) is 0 Å². The second-order valence-electron chi connectivity index (χ2n) is 14.3. The molecule has 1 aliphatic carbocycles. The van der Waals surface area contributed by atoms with Gasteiger partial charge in [-0.25, -0.2) is 9.37 Å². The fourth-order valence-electron chi connectivity index (χ4n) is 8.35. The average molecular weight is 687 g/mol. The fraction of sp³-hybridized carbons (Fsp3) is 0.239. The Bertz CT molecular complexity index is 2390. The van der Waals surface area contributed by atoms with E-state index in [0.29, 0.717) is 12.6 Å². The van der Waals surface area contributed by atoms with Crippen molar-refractivity contribution in [2.45, 2.75) is 64.2 Å². The second kappa shape index (κ2) is 13.8. The van der Waals surface area contributed by atoms with Gasteiger partial charge in [0, 0.05) is 40.5 Å². The summed E-state index contributed by atoms with van der Waals surface area (Å²) in [6.07, 6.45) is 11.6. The molecule has 7 aromatic rings. The van der Waals surface area contributed by atoms with E-state index in [1.54, 1.807) is 12.1 Å². The normalized spacial score (nSPS) is 15.2. The van der Waals surface area contributed by atoms with Crippen LogP contribution in [0.4, 0.5) is 27.1 Å². The fourth-order valence-corrected chi connectivity index (χ4v) is 8.35. The zero-order chi connectivity index (χ0) is 35.0. The molecule has 0 saturated heterocycles. The van der Waals surface area contributed by atoms with Crippen molar-refractivity contribution >= 4 is 44.6 Å². The number of anilines is 4. The summed E-state index contributed by atoms with van der Waals surface area (Å²) in [5.41, 5.74) is 8.84. The van der Waals surface area contributed by atoms with Gasteiger partial charge in [0.05, 0.1) is 22.4 Å². The van der Waals surface area contributed by atoms with Crippen LogP contribution in [0.25, 0.3) is 27.6 Å². The summed E-state index contributed by atoms with van der Waals surface area (Å²) in [4.78, 5) is 9.35. The third kappa shape index (κ3) is 6.06. The summed E-state index contributed by atoms with van der Waals surface area (Å²) in [7, 11) is 0. The summed E-state index contributed by atoms with van der Waals surface area (Å²) in [6.45, 7) is 2.75. The van der Waals surface area contributed by atoms with Crippen LogP contribution in [0.1, 0.15) is 68.9 Å². The first-order valence-electron chi connectivity index (χ1n) is 18.8. The molecular weight excluding hydrogens is 644 g/mol. The van der Waals surface area contributed by atoms with Crippen molar-refractivity contribution in [3.8, 4) is 17.3 Å². The highest BCUT2D eigenvalue weighted by Crippen LogP contribution is 2.46. The van der Waals surface area contributed by atoms with Crippen LogP contribution < -0.4 is 14.5 Å². The lowest BCUT2D eigenvalue weighted by Crippen LogP contribution is -2.24. The number of aryl methyl sites for hydroxylation is 1.